The van der Waals surface area contributed by atoms with Gasteiger partial charge >= 0.3 is 12.0 Å². The van der Waals surface area contributed by atoms with Gasteiger partial charge in [-0.2, -0.15) is 4.98 Å². The Balaban J connectivity index is 1.80. The number of carbonyl (C=O) groups is 1. The molecule has 1 aromatic heterocycles. The normalized spacial score (nSPS) is 13.6. The van der Waals surface area contributed by atoms with E-state index < -0.39 is 16.0 Å². The van der Waals surface area contributed by atoms with Gasteiger partial charge in [-0.1, -0.05) is 6.07 Å². The van der Waals surface area contributed by atoms with Gasteiger partial charge in [0.25, 0.3) is 10.0 Å². The van der Waals surface area contributed by atoms with Crippen molar-refractivity contribution in [3.05, 3.63) is 41.3 Å². The third kappa shape index (κ3) is 3.21. The number of nitrogens with zero attached hydrogens (tertiary/aromatic N) is 1. The molecule has 2 aromatic rings. The van der Waals surface area contributed by atoms with E-state index in [4.69, 9.17) is 9.15 Å². The Morgan fingerprint density at radius 2 is 2.13 bits per heavy atom. The fourth-order valence-electron chi connectivity index (χ4n) is 2.51. The van der Waals surface area contributed by atoms with Gasteiger partial charge < -0.3 is 9.15 Å². The van der Waals surface area contributed by atoms with Gasteiger partial charge in [0.15, 0.2) is 5.69 Å². The highest BCUT2D eigenvalue weighted by atomic mass is 32.2. The third-order valence-electron chi connectivity index (χ3n) is 3.59. The molecule has 0 saturated carbocycles. The number of ether oxygens (including phenoxy) is 1. The Morgan fingerprint density at radius 1 is 1.35 bits per heavy atom. The number of carbonyl (C=O) groups excluding carboxylic acids is 1. The molecule has 0 amide bonds. The molecule has 0 fully saturated rings. The molecular formula is C15H16N2O5S. The SMILES string of the molecule is CCOC(=O)c1coc(NS(=O)(=O)c2ccc3c(c2)CCC3)n1. The van der Waals surface area contributed by atoms with Gasteiger partial charge in [0.05, 0.1) is 11.5 Å². The molecule has 0 unspecified atom stereocenters. The van der Waals surface area contributed by atoms with Crippen LogP contribution >= 0.6 is 0 Å². The van der Waals surface area contributed by atoms with E-state index in [1.807, 2.05) is 6.07 Å². The van der Waals surface area contributed by atoms with Crippen LogP contribution in [0.5, 0.6) is 0 Å². The van der Waals surface area contributed by atoms with Gasteiger partial charge in [-0.05, 0) is 49.4 Å². The molecule has 1 heterocycles. The van der Waals surface area contributed by atoms with Crippen molar-refractivity contribution in [1.82, 2.24) is 4.98 Å². The van der Waals surface area contributed by atoms with Crippen molar-refractivity contribution in [2.75, 3.05) is 11.3 Å². The summed E-state index contributed by atoms with van der Waals surface area (Å²) in [7, 11) is -3.82. The third-order valence-corrected chi connectivity index (χ3v) is 4.91. The van der Waals surface area contributed by atoms with Crippen LogP contribution in [-0.4, -0.2) is 26.0 Å². The Hall–Kier alpha value is -2.35. The molecule has 23 heavy (non-hydrogen) atoms. The number of hydrogen-bond donors (Lipinski definition) is 1. The summed E-state index contributed by atoms with van der Waals surface area (Å²) in [5, 5.41) is 0. The molecule has 3 rings (SSSR count). The number of oxazole rings is 1. The largest absolute Gasteiger partial charge is 0.461 e. The smallest absolute Gasteiger partial charge is 0.360 e. The van der Waals surface area contributed by atoms with Gasteiger partial charge in [0.2, 0.25) is 0 Å². The molecule has 0 aliphatic heterocycles. The maximum Gasteiger partial charge on any atom is 0.360 e. The summed E-state index contributed by atoms with van der Waals surface area (Å²) in [6.07, 6.45) is 3.95. The summed E-state index contributed by atoms with van der Waals surface area (Å²) in [6, 6.07) is 4.78. The number of aryl methyl sites for hydroxylation is 2. The van der Waals surface area contributed by atoms with E-state index in [-0.39, 0.29) is 23.2 Å². The average Bonchev–Trinajstić information content (AvgIpc) is 3.15. The summed E-state index contributed by atoms with van der Waals surface area (Å²) >= 11 is 0. The summed E-state index contributed by atoms with van der Waals surface area (Å²) in [5.74, 6) is -0.667. The molecular weight excluding hydrogens is 320 g/mol. The van der Waals surface area contributed by atoms with E-state index >= 15 is 0 Å². The van der Waals surface area contributed by atoms with Crippen molar-refractivity contribution in [2.24, 2.45) is 0 Å². The molecule has 0 atom stereocenters. The van der Waals surface area contributed by atoms with E-state index in [0.717, 1.165) is 31.1 Å². The first kappa shape index (κ1) is 15.5. The van der Waals surface area contributed by atoms with Crippen molar-refractivity contribution >= 4 is 22.0 Å². The van der Waals surface area contributed by atoms with Crippen LogP contribution in [0.25, 0.3) is 0 Å². The fraction of sp³-hybridized carbons (Fsp3) is 0.333. The zero-order valence-corrected chi connectivity index (χ0v) is 13.4. The topological polar surface area (TPSA) is 98.5 Å². The van der Waals surface area contributed by atoms with Crippen LogP contribution in [0.15, 0.2) is 33.8 Å². The van der Waals surface area contributed by atoms with E-state index in [1.54, 1.807) is 19.1 Å². The zero-order chi connectivity index (χ0) is 16.4. The molecule has 0 spiro atoms. The molecule has 0 bridgehead atoms. The molecule has 0 saturated heterocycles. The number of nitrogens with one attached hydrogen (secondary N) is 1. The molecule has 122 valence electrons. The molecule has 8 heteroatoms. The van der Waals surface area contributed by atoms with Gasteiger partial charge in [-0.15, -0.1) is 0 Å². The number of fused-ring (bicyclic) bond motifs is 1. The maximum atomic E-state index is 12.4. The summed E-state index contributed by atoms with van der Waals surface area (Å²) in [6.45, 7) is 1.86. The van der Waals surface area contributed by atoms with E-state index in [9.17, 15) is 13.2 Å². The lowest BCUT2D eigenvalue weighted by atomic mass is 10.1. The first-order valence-corrected chi connectivity index (χ1v) is 8.75. The minimum absolute atomic E-state index is 0.0847. The van der Waals surface area contributed by atoms with Crippen molar-refractivity contribution < 1.29 is 22.4 Å². The molecule has 0 radical (unpaired) electrons. The number of rotatable bonds is 5. The van der Waals surface area contributed by atoms with Crippen LogP contribution in [0.1, 0.15) is 35.0 Å². The predicted molar refractivity (Wildman–Crippen MR) is 81.7 cm³/mol. The monoisotopic (exact) mass is 336 g/mol. The van der Waals surface area contributed by atoms with Gasteiger partial charge in [0.1, 0.15) is 6.26 Å². The van der Waals surface area contributed by atoms with Crippen molar-refractivity contribution in [2.45, 2.75) is 31.1 Å². The predicted octanol–water partition coefficient (Wildman–Crippen LogP) is 2.14. The number of aromatic nitrogens is 1. The maximum absolute atomic E-state index is 12.4. The average molecular weight is 336 g/mol. The highest BCUT2D eigenvalue weighted by Crippen LogP contribution is 2.25. The summed E-state index contributed by atoms with van der Waals surface area (Å²) in [4.78, 5) is 15.4. The first-order chi connectivity index (χ1) is 11.0. The Labute approximate surface area is 133 Å². The quantitative estimate of drug-likeness (QED) is 0.840. The lowest BCUT2D eigenvalue weighted by Gasteiger charge is -2.06. The van der Waals surface area contributed by atoms with Gasteiger partial charge in [-0.25, -0.2) is 17.9 Å². The number of anilines is 1. The molecule has 7 nitrogen and oxygen atoms in total. The van der Waals surface area contributed by atoms with Crippen LogP contribution < -0.4 is 4.72 Å². The fourth-order valence-corrected chi connectivity index (χ4v) is 3.49. The molecule has 1 aliphatic rings. The van der Waals surface area contributed by atoms with Crippen molar-refractivity contribution in [1.29, 1.82) is 0 Å². The lowest BCUT2D eigenvalue weighted by Crippen LogP contribution is -2.14. The second kappa shape index (κ2) is 6.04. The second-order valence-electron chi connectivity index (χ2n) is 5.15. The number of benzene rings is 1. The van der Waals surface area contributed by atoms with Crippen LogP contribution in [-0.2, 0) is 27.6 Å². The van der Waals surface area contributed by atoms with Crippen molar-refractivity contribution in [3.8, 4) is 0 Å². The second-order valence-corrected chi connectivity index (χ2v) is 6.83. The highest BCUT2D eigenvalue weighted by molar-refractivity contribution is 7.92. The molecule has 1 N–H and O–H groups in total. The van der Waals surface area contributed by atoms with E-state index in [1.165, 1.54) is 5.56 Å². The van der Waals surface area contributed by atoms with Crippen molar-refractivity contribution in [3.63, 3.8) is 0 Å². The van der Waals surface area contributed by atoms with E-state index in [2.05, 4.69) is 9.71 Å². The molecule has 1 aromatic carbocycles. The van der Waals surface area contributed by atoms with Crippen LogP contribution in [0.4, 0.5) is 6.01 Å². The first-order valence-electron chi connectivity index (χ1n) is 7.27. The summed E-state index contributed by atoms with van der Waals surface area (Å²) < 4.78 is 36.7. The van der Waals surface area contributed by atoms with Gasteiger partial charge in [-0.3, -0.25) is 0 Å². The van der Waals surface area contributed by atoms with Gasteiger partial charge in [0, 0.05) is 0 Å². The minimum atomic E-state index is -3.82. The summed E-state index contributed by atoms with van der Waals surface area (Å²) in [5.41, 5.74) is 2.15. The van der Waals surface area contributed by atoms with Crippen LogP contribution in [0, 0.1) is 0 Å². The standard InChI is InChI=1S/C15H16N2O5S/c1-2-21-14(18)13-9-22-15(16-13)17-23(19,20)12-7-6-10-4-3-5-11(10)8-12/h6-9H,2-5H2,1H3,(H,16,17). The minimum Gasteiger partial charge on any atom is -0.461 e. The zero-order valence-electron chi connectivity index (χ0n) is 12.5. The van der Waals surface area contributed by atoms with E-state index in [0.29, 0.717) is 0 Å². The Kier molecular flexibility index (Phi) is 4.08. The van der Waals surface area contributed by atoms with Crippen LogP contribution in [0.2, 0.25) is 0 Å². The number of esters is 1. The number of hydrogen-bond acceptors (Lipinski definition) is 6. The Morgan fingerprint density at radius 3 is 2.91 bits per heavy atom. The lowest BCUT2D eigenvalue weighted by molar-refractivity contribution is 0.0519. The Bertz CT molecular complexity index is 841. The molecule has 1 aliphatic carbocycles. The van der Waals surface area contributed by atoms with Crippen LogP contribution in [0.3, 0.4) is 0 Å². The number of sulfonamides is 1. The highest BCUT2D eigenvalue weighted by Gasteiger charge is 2.21.